The Morgan fingerprint density at radius 1 is 1.14 bits per heavy atom. The van der Waals surface area contributed by atoms with Crippen LogP contribution in [-0.4, -0.2) is 67.3 Å². The number of amides is 2. The minimum atomic E-state index is -0.0384. The van der Waals surface area contributed by atoms with Crippen LogP contribution < -0.4 is 4.74 Å². The largest absolute Gasteiger partial charge is 0.457 e. The van der Waals surface area contributed by atoms with Gasteiger partial charge in [0.2, 0.25) is 0 Å². The maximum atomic E-state index is 12.4. The van der Waals surface area contributed by atoms with Crippen LogP contribution in [0.4, 0.5) is 4.79 Å². The summed E-state index contributed by atoms with van der Waals surface area (Å²) in [6, 6.07) is 14.7. The molecule has 1 fully saturated rings. The van der Waals surface area contributed by atoms with Crippen molar-refractivity contribution in [2.24, 2.45) is 5.10 Å². The van der Waals surface area contributed by atoms with Gasteiger partial charge in [-0.05, 0) is 69.0 Å². The minimum absolute atomic E-state index is 0.0384. The van der Waals surface area contributed by atoms with Gasteiger partial charge in [0.15, 0.2) is 0 Å². The van der Waals surface area contributed by atoms with Gasteiger partial charge in [0.05, 0.1) is 12.8 Å². The fourth-order valence-electron chi connectivity index (χ4n) is 2.90. The Bertz CT molecular complexity index is 823. The molecule has 0 bridgehead atoms. The van der Waals surface area contributed by atoms with E-state index < -0.39 is 0 Å². The van der Waals surface area contributed by atoms with Crippen molar-refractivity contribution in [1.29, 1.82) is 0 Å². The zero-order valence-corrected chi connectivity index (χ0v) is 17.0. The number of urea groups is 1. The standard InChI is InChI=1S/C21H25ClN4O2/c1-24(2)11-4-12-25-13-14-26(21(25)27)23-16-17-5-3-6-20(15-17)28-19-9-7-18(22)8-10-19/h3,5-10,15-16H,4,11-14H2,1-2H3. The first-order valence-electron chi connectivity index (χ1n) is 9.30. The van der Waals surface area contributed by atoms with E-state index >= 15 is 0 Å². The fourth-order valence-corrected chi connectivity index (χ4v) is 3.02. The lowest BCUT2D eigenvalue weighted by Gasteiger charge is -2.17. The topological polar surface area (TPSA) is 48.4 Å². The Morgan fingerprint density at radius 2 is 1.93 bits per heavy atom. The zero-order chi connectivity index (χ0) is 19.9. The van der Waals surface area contributed by atoms with Crippen LogP contribution >= 0.6 is 11.6 Å². The number of rotatable bonds is 8. The third kappa shape index (κ3) is 5.71. The molecule has 2 aromatic carbocycles. The second-order valence-corrected chi connectivity index (χ2v) is 7.36. The van der Waals surface area contributed by atoms with Crippen molar-refractivity contribution in [3.63, 3.8) is 0 Å². The number of ether oxygens (including phenoxy) is 1. The van der Waals surface area contributed by atoms with E-state index in [1.54, 1.807) is 18.3 Å². The Labute approximate surface area is 170 Å². The van der Waals surface area contributed by atoms with Gasteiger partial charge in [-0.15, -0.1) is 0 Å². The van der Waals surface area contributed by atoms with Crippen molar-refractivity contribution in [1.82, 2.24) is 14.8 Å². The van der Waals surface area contributed by atoms with Gasteiger partial charge < -0.3 is 14.5 Å². The summed E-state index contributed by atoms with van der Waals surface area (Å²) in [5.74, 6) is 1.41. The molecule has 0 radical (unpaired) electrons. The second kappa shape index (κ2) is 9.57. The Hall–Kier alpha value is -2.57. The van der Waals surface area contributed by atoms with Crippen molar-refractivity contribution in [2.45, 2.75) is 6.42 Å². The van der Waals surface area contributed by atoms with Crippen LogP contribution in [0.15, 0.2) is 53.6 Å². The molecule has 7 heteroatoms. The molecule has 0 N–H and O–H groups in total. The first kappa shape index (κ1) is 20.2. The maximum Gasteiger partial charge on any atom is 0.340 e. The summed E-state index contributed by atoms with van der Waals surface area (Å²) in [7, 11) is 4.07. The highest BCUT2D eigenvalue weighted by molar-refractivity contribution is 6.30. The van der Waals surface area contributed by atoms with Crippen LogP contribution in [0.1, 0.15) is 12.0 Å². The Balaban J connectivity index is 1.57. The molecule has 0 aliphatic carbocycles. The lowest BCUT2D eigenvalue weighted by atomic mass is 10.2. The van der Waals surface area contributed by atoms with E-state index in [1.807, 2.05) is 55.4 Å². The van der Waals surface area contributed by atoms with Crippen LogP contribution in [-0.2, 0) is 0 Å². The monoisotopic (exact) mass is 400 g/mol. The van der Waals surface area contributed by atoms with Crippen LogP contribution in [0.3, 0.4) is 0 Å². The summed E-state index contributed by atoms with van der Waals surface area (Å²) in [6.45, 7) is 3.04. The molecule has 0 unspecified atom stereocenters. The molecule has 0 atom stereocenters. The van der Waals surface area contributed by atoms with Gasteiger partial charge >= 0.3 is 6.03 Å². The zero-order valence-electron chi connectivity index (χ0n) is 16.2. The number of nitrogens with zero attached hydrogens (tertiary/aromatic N) is 4. The second-order valence-electron chi connectivity index (χ2n) is 6.92. The number of hydrogen-bond acceptors (Lipinski definition) is 4. The van der Waals surface area contributed by atoms with Crippen LogP contribution in [0.25, 0.3) is 0 Å². The van der Waals surface area contributed by atoms with Crippen molar-refractivity contribution in [3.05, 3.63) is 59.1 Å². The van der Waals surface area contributed by atoms with Gasteiger partial charge in [0, 0.05) is 18.1 Å². The number of hydrogen-bond donors (Lipinski definition) is 0. The van der Waals surface area contributed by atoms with E-state index in [0.717, 1.165) is 25.1 Å². The molecule has 148 valence electrons. The van der Waals surface area contributed by atoms with Crippen molar-refractivity contribution in [3.8, 4) is 11.5 Å². The smallest absolute Gasteiger partial charge is 0.340 e. The average Bonchev–Trinajstić information content (AvgIpc) is 3.02. The predicted molar refractivity (Wildman–Crippen MR) is 112 cm³/mol. The quantitative estimate of drug-likeness (QED) is 0.625. The van der Waals surface area contributed by atoms with Gasteiger partial charge in [-0.25, -0.2) is 9.80 Å². The summed E-state index contributed by atoms with van der Waals surface area (Å²) in [5, 5.41) is 6.54. The average molecular weight is 401 g/mol. The number of halogens is 1. The van der Waals surface area contributed by atoms with Crippen LogP contribution in [0.5, 0.6) is 11.5 Å². The van der Waals surface area contributed by atoms with E-state index in [2.05, 4.69) is 10.0 Å². The van der Waals surface area contributed by atoms with E-state index in [-0.39, 0.29) is 6.03 Å². The normalized spacial score (nSPS) is 14.5. The molecule has 1 aliphatic rings. The molecular weight excluding hydrogens is 376 g/mol. The molecule has 2 amide bonds. The lowest BCUT2D eigenvalue weighted by Crippen LogP contribution is -2.31. The highest BCUT2D eigenvalue weighted by Crippen LogP contribution is 2.23. The predicted octanol–water partition coefficient (Wildman–Crippen LogP) is 4.16. The van der Waals surface area contributed by atoms with Crippen molar-refractivity contribution >= 4 is 23.8 Å². The minimum Gasteiger partial charge on any atom is -0.457 e. The van der Waals surface area contributed by atoms with E-state index in [9.17, 15) is 4.79 Å². The van der Waals surface area contributed by atoms with Crippen LogP contribution in [0.2, 0.25) is 5.02 Å². The van der Waals surface area contributed by atoms with E-state index in [0.29, 0.717) is 29.6 Å². The Morgan fingerprint density at radius 3 is 2.68 bits per heavy atom. The van der Waals surface area contributed by atoms with Crippen LogP contribution in [0, 0.1) is 0 Å². The first-order valence-corrected chi connectivity index (χ1v) is 9.68. The van der Waals surface area contributed by atoms with Gasteiger partial charge in [0.25, 0.3) is 0 Å². The van der Waals surface area contributed by atoms with Gasteiger partial charge in [-0.1, -0.05) is 23.7 Å². The molecule has 1 heterocycles. The number of carbonyl (C=O) groups excluding carboxylic acids is 1. The van der Waals surface area contributed by atoms with Crippen molar-refractivity contribution in [2.75, 3.05) is 40.3 Å². The number of hydrazone groups is 1. The van der Waals surface area contributed by atoms with Gasteiger partial charge in [-0.3, -0.25) is 0 Å². The molecular formula is C21H25ClN4O2. The molecule has 1 saturated heterocycles. The molecule has 0 aromatic heterocycles. The molecule has 3 rings (SSSR count). The summed E-state index contributed by atoms with van der Waals surface area (Å²) in [4.78, 5) is 16.4. The van der Waals surface area contributed by atoms with Gasteiger partial charge in [-0.2, -0.15) is 5.10 Å². The Kier molecular flexibility index (Phi) is 6.90. The van der Waals surface area contributed by atoms with Gasteiger partial charge in [0.1, 0.15) is 11.5 Å². The van der Waals surface area contributed by atoms with E-state index in [1.165, 1.54) is 5.01 Å². The molecule has 2 aromatic rings. The summed E-state index contributed by atoms with van der Waals surface area (Å²) in [6.07, 6.45) is 2.65. The molecule has 0 spiro atoms. The highest BCUT2D eigenvalue weighted by Gasteiger charge is 2.27. The summed E-state index contributed by atoms with van der Waals surface area (Å²) >= 11 is 5.90. The summed E-state index contributed by atoms with van der Waals surface area (Å²) < 4.78 is 5.83. The molecule has 6 nitrogen and oxygen atoms in total. The molecule has 0 saturated carbocycles. The maximum absolute atomic E-state index is 12.4. The highest BCUT2D eigenvalue weighted by atomic mass is 35.5. The molecule has 1 aliphatic heterocycles. The van der Waals surface area contributed by atoms with E-state index in [4.69, 9.17) is 16.3 Å². The fraction of sp³-hybridized carbons (Fsp3) is 0.333. The number of carbonyl (C=O) groups is 1. The first-order chi connectivity index (χ1) is 13.5. The third-order valence-electron chi connectivity index (χ3n) is 4.36. The lowest BCUT2D eigenvalue weighted by molar-refractivity contribution is 0.192. The summed E-state index contributed by atoms with van der Waals surface area (Å²) in [5.41, 5.74) is 0.866. The van der Waals surface area contributed by atoms with Crippen molar-refractivity contribution < 1.29 is 9.53 Å². The molecule has 28 heavy (non-hydrogen) atoms. The number of benzene rings is 2. The third-order valence-corrected chi connectivity index (χ3v) is 4.61. The SMILES string of the molecule is CN(C)CCCN1CCN(N=Cc2cccc(Oc3ccc(Cl)cc3)c2)C1=O.